The summed E-state index contributed by atoms with van der Waals surface area (Å²) in [5, 5.41) is 13.9. The molecule has 1 atom stereocenters. The predicted octanol–water partition coefficient (Wildman–Crippen LogP) is 2.96. The molecular formula is C26H28N4O7S. The summed E-state index contributed by atoms with van der Waals surface area (Å²) in [6, 6.07) is 18.4. The number of carbonyl (C=O) groups excluding carboxylic acids is 2. The van der Waals surface area contributed by atoms with E-state index in [-0.39, 0.29) is 22.8 Å². The Labute approximate surface area is 220 Å². The molecule has 3 aromatic rings. The molecule has 0 unspecified atom stereocenters. The fourth-order valence-electron chi connectivity index (χ4n) is 3.73. The normalized spacial score (nSPS) is 11.8. The lowest BCUT2D eigenvalue weighted by Crippen LogP contribution is -2.50. The van der Waals surface area contributed by atoms with Crippen molar-refractivity contribution in [3.8, 4) is 5.75 Å². The Bertz CT molecular complexity index is 1400. The zero-order valence-electron chi connectivity index (χ0n) is 21.1. The van der Waals surface area contributed by atoms with Gasteiger partial charge in [0.2, 0.25) is 11.8 Å². The first-order chi connectivity index (χ1) is 18.1. The molecule has 2 amide bonds. The van der Waals surface area contributed by atoms with Crippen LogP contribution in [-0.2, 0) is 26.2 Å². The van der Waals surface area contributed by atoms with Crippen LogP contribution in [-0.4, -0.2) is 56.8 Å². The lowest BCUT2D eigenvalue weighted by atomic mass is 10.1. The van der Waals surface area contributed by atoms with E-state index in [1.165, 1.54) is 68.4 Å². The maximum atomic E-state index is 13.7. The topological polar surface area (TPSA) is 139 Å². The molecule has 0 aliphatic rings. The Hall–Kier alpha value is -4.45. The van der Waals surface area contributed by atoms with Crippen LogP contribution in [0.25, 0.3) is 0 Å². The maximum absolute atomic E-state index is 13.7. The van der Waals surface area contributed by atoms with Crippen LogP contribution in [0.5, 0.6) is 5.75 Å². The van der Waals surface area contributed by atoms with Crippen molar-refractivity contribution >= 4 is 33.2 Å². The van der Waals surface area contributed by atoms with Gasteiger partial charge in [0.1, 0.15) is 18.3 Å². The fourth-order valence-corrected chi connectivity index (χ4v) is 5.16. The molecule has 200 valence electrons. The average molecular weight is 541 g/mol. The van der Waals surface area contributed by atoms with Gasteiger partial charge in [-0.25, -0.2) is 8.42 Å². The van der Waals surface area contributed by atoms with Crippen LogP contribution >= 0.6 is 0 Å². The number of hydrogen-bond acceptors (Lipinski definition) is 7. The number of hydrogen-bond donors (Lipinski definition) is 1. The summed E-state index contributed by atoms with van der Waals surface area (Å²) in [5.41, 5.74) is 0.285. The number of carbonyl (C=O) groups is 2. The van der Waals surface area contributed by atoms with Crippen LogP contribution in [0.15, 0.2) is 83.8 Å². The number of sulfonamides is 1. The number of anilines is 1. The number of rotatable bonds is 11. The number of non-ortho nitro benzene ring substituents is 1. The lowest BCUT2D eigenvalue weighted by Gasteiger charge is -2.31. The highest BCUT2D eigenvalue weighted by Crippen LogP contribution is 2.27. The van der Waals surface area contributed by atoms with Crippen molar-refractivity contribution in [1.82, 2.24) is 10.2 Å². The molecule has 0 radical (unpaired) electrons. The summed E-state index contributed by atoms with van der Waals surface area (Å²) in [4.78, 5) is 38.1. The molecule has 3 aromatic carbocycles. The number of likely N-dealkylation sites (N-methyl/N-ethyl adjacent to an activating group) is 1. The minimum Gasteiger partial charge on any atom is -0.497 e. The molecule has 11 nitrogen and oxygen atoms in total. The molecular weight excluding hydrogens is 512 g/mol. The lowest BCUT2D eigenvalue weighted by molar-refractivity contribution is -0.384. The van der Waals surface area contributed by atoms with E-state index in [1.807, 2.05) is 0 Å². The molecule has 0 saturated heterocycles. The summed E-state index contributed by atoms with van der Waals surface area (Å²) in [7, 11) is -1.36. The van der Waals surface area contributed by atoms with Crippen molar-refractivity contribution in [2.24, 2.45) is 0 Å². The number of amides is 2. The molecule has 38 heavy (non-hydrogen) atoms. The van der Waals surface area contributed by atoms with Crippen molar-refractivity contribution in [1.29, 1.82) is 0 Å². The summed E-state index contributed by atoms with van der Waals surface area (Å²) < 4.78 is 33.3. The molecule has 0 heterocycles. The number of methoxy groups -OCH3 is 1. The second kappa shape index (κ2) is 12.2. The van der Waals surface area contributed by atoms with E-state index in [9.17, 15) is 28.1 Å². The molecule has 0 spiro atoms. The smallest absolute Gasteiger partial charge is 0.271 e. The second-order valence-electron chi connectivity index (χ2n) is 8.26. The first-order valence-electron chi connectivity index (χ1n) is 11.5. The Kier molecular flexibility index (Phi) is 9.02. The van der Waals surface area contributed by atoms with Crippen molar-refractivity contribution in [3.63, 3.8) is 0 Å². The van der Waals surface area contributed by atoms with Crippen LogP contribution < -0.4 is 14.4 Å². The van der Waals surface area contributed by atoms with Crippen LogP contribution in [0.2, 0.25) is 0 Å². The molecule has 1 N–H and O–H groups in total. The van der Waals surface area contributed by atoms with E-state index in [1.54, 1.807) is 30.3 Å². The van der Waals surface area contributed by atoms with Gasteiger partial charge in [-0.1, -0.05) is 36.4 Å². The highest BCUT2D eigenvalue weighted by atomic mass is 32.2. The van der Waals surface area contributed by atoms with Crippen LogP contribution in [0.4, 0.5) is 11.4 Å². The standard InChI is InChI=1S/C26H28N4O7S/c1-19(26(32)27-2)28(17-20-12-14-23(37-3)15-13-20)25(31)18-29(21-8-7-9-22(16-21)30(33)34)38(35,36)24-10-5-4-6-11-24/h4-16,19H,17-18H2,1-3H3,(H,27,32)/t19-/m0/s1. The number of nitro groups is 1. The number of benzene rings is 3. The molecule has 0 fully saturated rings. The zero-order valence-corrected chi connectivity index (χ0v) is 21.9. The van der Waals surface area contributed by atoms with E-state index in [0.29, 0.717) is 11.3 Å². The molecule has 0 bridgehead atoms. The first-order valence-corrected chi connectivity index (χ1v) is 13.0. The third kappa shape index (κ3) is 6.45. The summed E-state index contributed by atoms with van der Waals surface area (Å²) in [6.45, 7) is 0.838. The van der Waals surface area contributed by atoms with Crippen molar-refractivity contribution in [2.45, 2.75) is 24.4 Å². The van der Waals surface area contributed by atoms with Crippen LogP contribution in [0.3, 0.4) is 0 Å². The molecule has 0 aromatic heterocycles. The molecule has 0 aliphatic carbocycles. The molecule has 12 heteroatoms. The number of nitrogens with one attached hydrogen (secondary N) is 1. The monoisotopic (exact) mass is 540 g/mol. The van der Waals surface area contributed by atoms with Crippen molar-refractivity contribution < 1.29 is 27.7 Å². The van der Waals surface area contributed by atoms with Crippen molar-refractivity contribution in [3.05, 3.63) is 94.5 Å². The van der Waals surface area contributed by atoms with E-state index >= 15 is 0 Å². The minimum absolute atomic E-state index is 0.00553. The van der Waals surface area contributed by atoms with Gasteiger partial charge in [0.15, 0.2) is 0 Å². The predicted molar refractivity (Wildman–Crippen MR) is 141 cm³/mol. The summed E-state index contributed by atoms with van der Waals surface area (Å²) in [5.74, 6) is -0.514. The molecule has 0 saturated carbocycles. The van der Waals surface area contributed by atoms with Gasteiger partial charge in [-0.3, -0.25) is 24.0 Å². The summed E-state index contributed by atoms with van der Waals surface area (Å²) in [6.07, 6.45) is 0. The number of nitrogens with zero attached hydrogens (tertiary/aromatic N) is 3. The maximum Gasteiger partial charge on any atom is 0.271 e. The average Bonchev–Trinajstić information content (AvgIpc) is 2.94. The highest BCUT2D eigenvalue weighted by molar-refractivity contribution is 7.92. The van der Waals surface area contributed by atoms with E-state index < -0.39 is 39.3 Å². The van der Waals surface area contributed by atoms with Gasteiger partial charge in [0.25, 0.3) is 15.7 Å². The van der Waals surface area contributed by atoms with E-state index in [4.69, 9.17) is 4.74 Å². The van der Waals surface area contributed by atoms with Crippen LogP contribution in [0.1, 0.15) is 12.5 Å². The van der Waals surface area contributed by atoms with Gasteiger partial charge in [0.05, 0.1) is 22.6 Å². The van der Waals surface area contributed by atoms with Crippen molar-refractivity contribution in [2.75, 3.05) is 25.0 Å². The Balaban J connectivity index is 2.05. The van der Waals surface area contributed by atoms with Gasteiger partial charge in [-0.2, -0.15) is 0 Å². The Morgan fingerprint density at radius 1 is 1.03 bits per heavy atom. The van der Waals surface area contributed by atoms with E-state index in [0.717, 1.165) is 10.4 Å². The van der Waals surface area contributed by atoms with Crippen LogP contribution in [0, 0.1) is 10.1 Å². The largest absolute Gasteiger partial charge is 0.497 e. The van der Waals surface area contributed by atoms with E-state index in [2.05, 4.69) is 5.32 Å². The minimum atomic E-state index is -4.31. The summed E-state index contributed by atoms with van der Waals surface area (Å²) >= 11 is 0. The zero-order chi connectivity index (χ0) is 27.9. The SMILES string of the molecule is CNC(=O)[C@H](C)N(Cc1ccc(OC)cc1)C(=O)CN(c1cccc([N+](=O)[O-])c1)S(=O)(=O)c1ccccc1. The van der Waals surface area contributed by atoms with Gasteiger partial charge >= 0.3 is 0 Å². The molecule has 0 aliphatic heterocycles. The van der Waals surface area contributed by atoms with Gasteiger partial charge in [-0.15, -0.1) is 0 Å². The number of ether oxygens (including phenoxy) is 1. The first kappa shape index (κ1) is 28.1. The third-order valence-electron chi connectivity index (χ3n) is 5.86. The highest BCUT2D eigenvalue weighted by Gasteiger charge is 2.32. The quantitative estimate of drug-likeness (QED) is 0.291. The van der Waals surface area contributed by atoms with Gasteiger partial charge in [-0.05, 0) is 42.8 Å². The van der Waals surface area contributed by atoms with Gasteiger partial charge < -0.3 is 15.0 Å². The Morgan fingerprint density at radius 3 is 2.26 bits per heavy atom. The molecule has 3 rings (SSSR count). The Morgan fingerprint density at radius 2 is 1.68 bits per heavy atom. The number of nitro benzene ring substituents is 1. The second-order valence-corrected chi connectivity index (χ2v) is 10.1. The van der Waals surface area contributed by atoms with Gasteiger partial charge in [0, 0.05) is 25.7 Å². The third-order valence-corrected chi connectivity index (χ3v) is 7.65. The fraction of sp³-hybridized carbons (Fsp3) is 0.231.